The van der Waals surface area contributed by atoms with Crippen LogP contribution < -0.4 is 0 Å². The minimum absolute atomic E-state index is 0.712. The summed E-state index contributed by atoms with van der Waals surface area (Å²) in [6.07, 6.45) is 1.87. The predicted molar refractivity (Wildman–Crippen MR) is 581 cm³/mol. The molecule has 646 valence electrons. The molecule has 0 aliphatic heterocycles. The molecule has 138 heavy (non-hydrogen) atoms. The Bertz CT molecular complexity index is 9420. The largest absolute Gasteiger partial charge is 0.455 e. The molecule has 0 bridgehead atoms. The molecule has 0 atom stereocenters. The van der Waals surface area contributed by atoms with E-state index in [1.807, 2.05) is 65.3 Å². The number of pyridine rings is 2. The van der Waals surface area contributed by atoms with Gasteiger partial charge in [0.25, 0.3) is 0 Å². The van der Waals surface area contributed by atoms with Crippen molar-refractivity contribution in [1.29, 1.82) is 0 Å². The van der Waals surface area contributed by atoms with Crippen LogP contribution in [0.15, 0.2) is 496 Å². The summed E-state index contributed by atoms with van der Waals surface area (Å²) in [7, 11) is 0. The van der Waals surface area contributed by atoms with Crippen LogP contribution in [0.2, 0.25) is 0 Å². The molecule has 28 aromatic rings. The minimum atomic E-state index is 0.712. The van der Waals surface area contributed by atoms with E-state index >= 15 is 0 Å². The van der Waals surface area contributed by atoms with Gasteiger partial charge >= 0.3 is 0 Å². The molecule has 0 radical (unpaired) electrons. The molecule has 0 saturated heterocycles. The van der Waals surface area contributed by atoms with Crippen molar-refractivity contribution in [1.82, 2.24) is 33.6 Å². The van der Waals surface area contributed by atoms with Gasteiger partial charge in [0.1, 0.15) is 11.2 Å². The van der Waals surface area contributed by atoms with Gasteiger partial charge in [0, 0.05) is 135 Å². The van der Waals surface area contributed by atoms with Crippen LogP contribution in [-0.4, -0.2) is 33.6 Å². The Morgan fingerprint density at radius 2 is 0.529 bits per heavy atom. The summed E-state index contributed by atoms with van der Waals surface area (Å²) in [5.74, 6) is 0.712. The summed E-state index contributed by atoms with van der Waals surface area (Å²) < 4.78 is 18.9. The summed E-state index contributed by atoms with van der Waals surface area (Å²) in [4.78, 5) is 20.2. The monoisotopic (exact) mass is 1800 g/mol. The predicted octanol–water partition coefficient (Wildman–Crippen LogP) is 35.2. The highest BCUT2D eigenvalue weighted by molar-refractivity contribution is 7.27. The lowest BCUT2D eigenvalue weighted by atomic mass is 9.98. The topological polar surface area (TPSA) is 79.5 Å². The highest BCUT2D eigenvalue weighted by Crippen LogP contribution is 2.50. The van der Waals surface area contributed by atoms with Gasteiger partial charge in [-0.05, 0) is 214 Å². The third-order valence-corrected chi connectivity index (χ3v) is 29.2. The lowest BCUT2D eigenvalue weighted by Crippen LogP contribution is -1.96. The van der Waals surface area contributed by atoms with E-state index in [2.05, 4.69) is 468 Å². The van der Waals surface area contributed by atoms with E-state index in [1.165, 1.54) is 123 Å². The minimum Gasteiger partial charge on any atom is -0.455 e. The highest BCUT2D eigenvalue weighted by Gasteiger charge is 2.26. The Hall–Kier alpha value is -17.8. The average Bonchev–Trinajstić information content (AvgIpc) is 1.56. The van der Waals surface area contributed by atoms with Gasteiger partial charge in [-0.1, -0.05) is 315 Å². The highest BCUT2D eigenvalue weighted by atomic mass is 32.1. The van der Waals surface area contributed by atoms with Gasteiger partial charge in [-0.2, -0.15) is 0 Å². The second kappa shape index (κ2) is 34.3. The SMILES string of the molecule is c1ccc(-c2cc(-c3ccccc3)nc(-c3ccc4c(c3)c3c5oc6ccccc6c5ccc3n4-c3ccccc3)c2)cc1.c1ccc(-c2ccc3sc4c(ccc5c4c4cc(-c6nc(-c7ccccc7)cc(-c7ccccc7)n6)ccc4n5-c4ccccc4)c3c2)cc1.c1ccc(-c2cccc(-c3ccc4sc5c(ccc6c5c5cc(-c7ccccn7)ccc5n6-c5ccccc5)c4c3)c2)cc1. The Morgan fingerprint density at radius 3 is 1.01 bits per heavy atom. The van der Waals surface area contributed by atoms with Crippen LogP contribution >= 0.6 is 22.7 Å². The zero-order chi connectivity index (χ0) is 91.1. The number of rotatable bonds is 13. The number of benzene rings is 19. The molecule has 0 spiro atoms. The van der Waals surface area contributed by atoms with Crippen LogP contribution in [0, 0.1) is 0 Å². The molecular formula is C128H81N7OS2. The number of hydrogen-bond acceptors (Lipinski definition) is 7. The fraction of sp³-hybridized carbons (Fsp3) is 0. The standard InChI is InChI=1S/C46H29N3S.C41H26N2O.C41H26N2S/c1-5-13-30(14-6-1)33-22-26-43-37(27-33)36-23-25-42-44(45(36)50-43)38-28-34(21-24-41(38)49(42)35-19-11-4-12-20-35)46-47-39(31-15-7-2-8-16-31)29-40(48-46)32-17-9-3-10-18-32;1-4-12-27(13-5-1)30-25-35(28-14-6-2-7-15-28)42-36(26-30)29-20-22-37-34(24-29)40-38(43(37)31-16-8-3-9-17-31)23-21-33-32-18-10-11-19-39(32)44-41(33)40;1-3-10-27(11-4-1)28-12-9-13-29(24-28)30-18-22-39-34(25-30)33-19-21-38-40(41(33)44-39)35-26-31(36-16-7-8-23-42-36)17-20-37(35)43(38)32-14-5-2-6-15-32/h1-29H;2*1-26H. The zero-order valence-corrected chi connectivity index (χ0v) is 76.3. The van der Waals surface area contributed by atoms with Crippen molar-refractivity contribution in [2.24, 2.45) is 0 Å². The van der Waals surface area contributed by atoms with Gasteiger partial charge in [0.05, 0.1) is 67.0 Å². The summed E-state index contributed by atoms with van der Waals surface area (Å²) in [6.45, 7) is 0. The first kappa shape index (κ1) is 81.0. The summed E-state index contributed by atoms with van der Waals surface area (Å²) in [5, 5.41) is 14.7. The van der Waals surface area contributed by atoms with Crippen LogP contribution in [0.25, 0.3) is 257 Å². The quantitative estimate of drug-likeness (QED) is 0.115. The van der Waals surface area contributed by atoms with Crippen molar-refractivity contribution in [2.75, 3.05) is 0 Å². The molecule has 28 rings (SSSR count). The molecule has 0 aliphatic carbocycles. The first-order chi connectivity index (χ1) is 68.4. The average molecular weight is 1800 g/mol. The second-order valence-corrected chi connectivity index (χ2v) is 37.1. The Morgan fingerprint density at radius 1 is 0.188 bits per heavy atom. The number of para-hydroxylation sites is 4. The van der Waals surface area contributed by atoms with Crippen molar-refractivity contribution >= 4 is 150 Å². The van der Waals surface area contributed by atoms with Gasteiger partial charge in [-0.15, -0.1) is 22.7 Å². The second-order valence-electron chi connectivity index (χ2n) is 35.0. The summed E-state index contributed by atoms with van der Waals surface area (Å²) in [5.41, 5.74) is 33.1. The maximum atomic E-state index is 6.59. The van der Waals surface area contributed by atoms with E-state index in [0.717, 1.165) is 128 Å². The van der Waals surface area contributed by atoms with Gasteiger partial charge in [0.2, 0.25) is 0 Å². The lowest BCUT2D eigenvalue weighted by molar-refractivity contribution is 0.673. The van der Waals surface area contributed by atoms with E-state index in [4.69, 9.17) is 19.4 Å². The maximum absolute atomic E-state index is 6.59. The number of furan rings is 1. The number of thiophene rings is 2. The van der Waals surface area contributed by atoms with Gasteiger partial charge in [-0.3, -0.25) is 4.98 Å². The first-order valence-electron chi connectivity index (χ1n) is 46.6. The summed E-state index contributed by atoms with van der Waals surface area (Å²) in [6, 6.07) is 172. The van der Waals surface area contributed by atoms with Crippen LogP contribution in [0.1, 0.15) is 0 Å². The lowest BCUT2D eigenvalue weighted by Gasteiger charge is -2.11. The fourth-order valence-corrected chi connectivity index (χ4v) is 22.8. The van der Waals surface area contributed by atoms with Gasteiger partial charge in [-0.25, -0.2) is 15.0 Å². The molecule has 0 unspecified atom stereocenters. The molecule has 0 aliphatic rings. The number of fused-ring (bicyclic) bond motifs is 21. The van der Waals surface area contributed by atoms with Crippen molar-refractivity contribution in [3.8, 4) is 129 Å². The van der Waals surface area contributed by atoms with E-state index in [1.54, 1.807) is 0 Å². The third kappa shape index (κ3) is 14.4. The molecule has 0 fully saturated rings. The number of hydrogen-bond donors (Lipinski definition) is 0. The van der Waals surface area contributed by atoms with Crippen LogP contribution in [0.4, 0.5) is 0 Å². The van der Waals surface area contributed by atoms with Crippen LogP contribution in [0.3, 0.4) is 0 Å². The Labute approximate surface area is 803 Å². The van der Waals surface area contributed by atoms with E-state index in [-0.39, 0.29) is 0 Å². The maximum Gasteiger partial charge on any atom is 0.160 e. The van der Waals surface area contributed by atoms with Crippen molar-refractivity contribution < 1.29 is 4.42 Å². The molecule has 8 nitrogen and oxygen atoms in total. The first-order valence-corrected chi connectivity index (χ1v) is 48.2. The summed E-state index contributed by atoms with van der Waals surface area (Å²) >= 11 is 3.77. The number of aromatic nitrogens is 7. The molecular weight excluding hydrogens is 1720 g/mol. The molecule has 0 N–H and O–H groups in total. The molecule has 10 heteroatoms. The van der Waals surface area contributed by atoms with Gasteiger partial charge in [0.15, 0.2) is 5.82 Å². The molecule has 0 amide bonds. The van der Waals surface area contributed by atoms with E-state index in [9.17, 15) is 0 Å². The molecule has 9 heterocycles. The van der Waals surface area contributed by atoms with Crippen molar-refractivity contribution in [2.45, 2.75) is 0 Å². The van der Waals surface area contributed by atoms with Crippen LogP contribution in [0.5, 0.6) is 0 Å². The fourth-order valence-electron chi connectivity index (χ4n) is 20.3. The Kier molecular flexibility index (Phi) is 20.2. The van der Waals surface area contributed by atoms with Crippen molar-refractivity contribution in [3.63, 3.8) is 0 Å². The number of nitrogens with zero attached hydrogens (tertiary/aromatic N) is 7. The van der Waals surface area contributed by atoms with Crippen molar-refractivity contribution in [3.05, 3.63) is 492 Å². The van der Waals surface area contributed by atoms with E-state index in [0.29, 0.717) is 5.82 Å². The molecule has 19 aromatic carbocycles. The van der Waals surface area contributed by atoms with Crippen LogP contribution in [-0.2, 0) is 0 Å². The zero-order valence-electron chi connectivity index (χ0n) is 74.6. The van der Waals surface area contributed by atoms with Gasteiger partial charge < -0.3 is 18.1 Å². The normalized spacial score (nSPS) is 11.6. The molecule has 0 saturated carbocycles. The molecule has 9 aromatic heterocycles. The van der Waals surface area contributed by atoms with E-state index < -0.39 is 0 Å². The smallest absolute Gasteiger partial charge is 0.160 e. The third-order valence-electron chi connectivity index (χ3n) is 26.8. The Balaban J connectivity index is 0.000000107.